The Hall–Kier alpha value is -4.59. The Morgan fingerprint density at radius 3 is 1.49 bits per heavy atom. The van der Waals surface area contributed by atoms with Crippen molar-refractivity contribution in [3.8, 4) is 0 Å². The molecule has 67 heavy (non-hydrogen) atoms. The first-order valence-electron chi connectivity index (χ1n) is 23.4. The molecule has 18 nitrogen and oxygen atoms in total. The molecule has 9 atom stereocenters. The second-order valence-corrected chi connectivity index (χ2v) is 26.1. The number of hydrogen-bond acceptors (Lipinski definition) is 12. The predicted octanol–water partition coefficient (Wildman–Crippen LogP) is 4.99. The second kappa shape index (κ2) is 22.2. The molecule has 2 fully saturated rings. The molecule has 6 amide bonds. The molecule has 378 valence electrons. The van der Waals surface area contributed by atoms with Gasteiger partial charge in [0, 0.05) is 0 Å². The lowest BCUT2D eigenvalue weighted by molar-refractivity contribution is -0.156. The summed E-state index contributed by atoms with van der Waals surface area (Å²) in [7, 11) is -1.18. The Kier molecular flexibility index (Phi) is 18.8. The minimum Gasteiger partial charge on any atom is -0.467 e. The van der Waals surface area contributed by atoms with Crippen molar-refractivity contribution in [3.05, 3.63) is 35.9 Å². The number of hydrogen-bond donors (Lipinski definition) is 4. The van der Waals surface area contributed by atoms with Crippen LogP contribution in [0.5, 0.6) is 0 Å². The summed E-state index contributed by atoms with van der Waals surface area (Å²) in [6.45, 7) is 32.2. The highest BCUT2D eigenvalue weighted by Gasteiger charge is 2.56. The van der Waals surface area contributed by atoms with Crippen LogP contribution in [-0.2, 0) is 58.7 Å². The smallest absolute Gasteiger partial charge is 0.408 e. The number of esters is 1. The van der Waals surface area contributed by atoms with Crippen LogP contribution in [0.15, 0.2) is 30.3 Å². The van der Waals surface area contributed by atoms with Crippen LogP contribution in [0.25, 0.3) is 0 Å². The molecule has 1 aromatic carbocycles. The maximum absolute atomic E-state index is 14.9. The molecule has 0 bridgehead atoms. The average Bonchev–Trinajstić information content (AvgIpc) is 3.61. The summed E-state index contributed by atoms with van der Waals surface area (Å²) in [4.78, 5) is 101. The van der Waals surface area contributed by atoms with Gasteiger partial charge in [-0.2, -0.15) is 0 Å². The fourth-order valence-corrected chi connectivity index (χ4v) is 9.81. The van der Waals surface area contributed by atoms with Crippen LogP contribution in [0.2, 0.25) is 18.1 Å². The molecule has 4 N–H and O–H groups in total. The van der Waals surface area contributed by atoms with E-state index in [1.807, 2.05) is 31.3 Å². The fraction of sp³-hybridized carbons (Fsp3) is 0.729. The molecule has 0 radical (unpaired) electrons. The van der Waals surface area contributed by atoms with Crippen LogP contribution in [-0.4, -0.2) is 133 Å². The van der Waals surface area contributed by atoms with Gasteiger partial charge in [0.05, 0.1) is 25.4 Å². The number of rotatable bonds is 18. The predicted molar refractivity (Wildman–Crippen MR) is 254 cm³/mol. The van der Waals surface area contributed by atoms with Crippen molar-refractivity contribution in [1.29, 1.82) is 0 Å². The molecule has 1 aromatic rings. The van der Waals surface area contributed by atoms with Crippen molar-refractivity contribution < 1.29 is 56.9 Å². The van der Waals surface area contributed by atoms with Gasteiger partial charge in [0.1, 0.15) is 48.3 Å². The minimum absolute atomic E-state index is 0.0189. The van der Waals surface area contributed by atoms with Gasteiger partial charge in [0.2, 0.25) is 29.5 Å². The maximum atomic E-state index is 14.9. The highest BCUT2D eigenvalue weighted by atomic mass is 28.4. The standard InChI is InChI=1S/C48H80N6O12Si/c1-26(2)33(39(55)51-36(44(60)62-17)29(7)66-67(18,19)46(10,11)12)49-40(56)37-30(8)64-47(13,14)53(37)42(58)34(27(3)4)50-41(57)38-31(9)65-48(15,16)54(38)43(59)35(28(5)6)52-45(61)63-25-32-23-21-20-22-24-32/h20-24,26-31,33-38H,25H2,1-19H3,(H,49,56)(H,50,57)(H,51,55)(H,52,61)/t29-,30-,31-,33+,34+,35+,36+,37+,38+/m1/s1. The van der Waals surface area contributed by atoms with Gasteiger partial charge in [-0.15, -0.1) is 0 Å². The van der Waals surface area contributed by atoms with Crippen LogP contribution in [0, 0.1) is 17.8 Å². The van der Waals surface area contributed by atoms with E-state index in [0.29, 0.717) is 0 Å². The Balaban J connectivity index is 1.90. The molecule has 2 saturated heterocycles. The number of amides is 6. The van der Waals surface area contributed by atoms with Gasteiger partial charge in [0.15, 0.2) is 14.4 Å². The number of carbonyl (C=O) groups is 7. The van der Waals surface area contributed by atoms with E-state index in [1.54, 1.807) is 102 Å². The third-order valence-corrected chi connectivity index (χ3v) is 17.5. The van der Waals surface area contributed by atoms with Crippen molar-refractivity contribution in [2.45, 2.75) is 202 Å². The SMILES string of the molecule is COC(=O)[C@@H](NC(=O)[C@@H](NC(=O)[C@@H]1[C@@H](C)OC(C)(C)N1C(=O)[C@@H](NC(=O)[C@@H]1[C@@H](C)OC(C)(C)N1C(=O)[C@@H](NC(=O)OCc1ccccc1)C(C)C)C(C)C)C(C)C)[C@@H](C)O[Si](C)(C)C(C)(C)C. The van der Waals surface area contributed by atoms with E-state index in [9.17, 15) is 33.6 Å². The average molecular weight is 961 g/mol. The Morgan fingerprint density at radius 2 is 1.09 bits per heavy atom. The molecule has 0 aromatic heterocycles. The summed E-state index contributed by atoms with van der Waals surface area (Å²) in [5.41, 5.74) is -1.92. The number of nitrogens with zero attached hydrogens (tertiary/aromatic N) is 2. The molecule has 0 unspecified atom stereocenters. The summed E-state index contributed by atoms with van der Waals surface area (Å²) in [6, 6.07) is 1.87. The second-order valence-electron chi connectivity index (χ2n) is 21.3. The third kappa shape index (κ3) is 13.6. The molecule has 0 spiro atoms. The molecule has 19 heteroatoms. The topological polar surface area (TPSA) is 220 Å². The molecule has 2 aliphatic heterocycles. The quantitative estimate of drug-likeness (QED) is 0.113. The van der Waals surface area contributed by atoms with E-state index in [4.69, 9.17) is 23.4 Å². The van der Waals surface area contributed by atoms with E-state index >= 15 is 0 Å². The molecule has 2 heterocycles. The zero-order chi connectivity index (χ0) is 51.3. The van der Waals surface area contributed by atoms with Gasteiger partial charge in [-0.1, -0.05) is 92.6 Å². The van der Waals surface area contributed by atoms with Gasteiger partial charge >= 0.3 is 12.1 Å². The van der Waals surface area contributed by atoms with E-state index in [0.717, 1.165) is 5.56 Å². The van der Waals surface area contributed by atoms with Gasteiger partial charge in [0.25, 0.3) is 0 Å². The van der Waals surface area contributed by atoms with Crippen LogP contribution in [0.4, 0.5) is 4.79 Å². The first-order chi connectivity index (χ1) is 30.7. The largest absolute Gasteiger partial charge is 0.467 e. The van der Waals surface area contributed by atoms with Crippen LogP contribution >= 0.6 is 0 Å². The lowest BCUT2D eigenvalue weighted by Gasteiger charge is -2.40. The number of methoxy groups -OCH3 is 1. The summed E-state index contributed by atoms with van der Waals surface area (Å²) in [6.07, 6.45) is -3.29. The third-order valence-electron chi connectivity index (χ3n) is 13.0. The van der Waals surface area contributed by atoms with Crippen molar-refractivity contribution >= 4 is 49.9 Å². The Labute approximate surface area is 399 Å². The Morgan fingerprint density at radius 1 is 0.672 bits per heavy atom. The summed E-state index contributed by atoms with van der Waals surface area (Å²) in [5.74, 6) is -5.43. The molecule has 0 aliphatic carbocycles. The Bertz CT molecular complexity index is 1940. The summed E-state index contributed by atoms with van der Waals surface area (Å²) < 4.78 is 29.4. The highest BCUT2D eigenvalue weighted by Crippen LogP contribution is 2.38. The van der Waals surface area contributed by atoms with Crippen molar-refractivity contribution in [1.82, 2.24) is 31.1 Å². The summed E-state index contributed by atoms with van der Waals surface area (Å²) >= 11 is 0. The van der Waals surface area contributed by atoms with Crippen LogP contribution < -0.4 is 21.3 Å². The number of ether oxygens (including phenoxy) is 4. The highest BCUT2D eigenvalue weighted by molar-refractivity contribution is 6.74. The van der Waals surface area contributed by atoms with E-state index in [-0.39, 0.29) is 11.6 Å². The monoisotopic (exact) mass is 961 g/mol. The molecular weight excluding hydrogens is 881 g/mol. The van der Waals surface area contributed by atoms with Crippen LogP contribution in [0.1, 0.15) is 116 Å². The minimum atomic E-state index is -2.40. The lowest BCUT2D eigenvalue weighted by atomic mass is 9.97. The maximum Gasteiger partial charge on any atom is 0.408 e. The van der Waals surface area contributed by atoms with Gasteiger partial charge in [-0.05, 0) is 89.9 Å². The van der Waals surface area contributed by atoms with E-state index in [2.05, 4.69) is 42.0 Å². The zero-order valence-corrected chi connectivity index (χ0v) is 44.3. The fourth-order valence-electron chi connectivity index (χ4n) is 8.39. The van der Waals surface area contributed by atoms with Gasteiger partial charge in [-0.25, -0.2) is 9.59 Å². The number of nitrogens with one attached hydrogen (secondary N) is 4. The van der Waals surface area contributed by atoms with Gasteiger partial charge < -0.3 is 44.6 Å². The number of carbonyl (C=O) groups excluding carboxylic acids is 7. The molecule has 3 rings (SSSR count). The summed E-state index contributed by atoms with van der Waals surface area (Å²) in [5, 5.41) is 11.0. The molecular formula is C48H80N6O12Si. The number of alkyl carbamates (subject to hydrolysis) is 1. The lowest BCUT2D eigenvalue weighted by Crippen LogP contribution is -2.65. The molecule has 0 saturated carbocycles. The van der Waals surface area contributed by atoms with Crippen molar-refractivity contribution in [3.63, 3.8) is 0 Å². The zero-order valence-electron chi connectivity index (χ0n) is 43.3. The van der Waals surface area contributed by atoms with Gasteiger partial charge in [-0.3, -0.25) is 33.8 Å². The first kappa shape index (κ1) is 56.7. The first-order valence-corrected chi connectivity index (χ1v) is 26.3. The number of benzene rings is 1. The van der Waals surface area contributed by atoms with E-state index in [1.165, 1.54) is 16.9 Å². The normalized spacial score (nSPS) is 22.7. The molecule has 2 aliphatic rings. The van der Waals surface area contributed by atoms with Crippen molar-refractivity contribution in [2.75, 3.05) is 7.11 Å². The van der Waals surface area contributed by atoms with Crippen molar-refractivity contribution in [2.24, 2.45) is 17.8 Å². The van der Waals surface area contributed by atoms with Crippen LogP contribution in [0.3, 0.4) is 0 Å². The van der Waals surface area contributed by atoms with E-state index < -0.39 is 134 Å².